The van der Waals surface area contributed by atoms with E-state index in [-0.39, 0.29) is 11.8 Å². The van der Waals surface area contributed by atoms with Gasteiger partial charge in [-0.2, -0.15) is 0 Å². The highest BCUT2D eigenvalue weighted by Gasteiger charge is 2.28. The van der Waals surface area contributed by atoms with Crippen LogP contribution in [0.5, 0.6) is 0 Å². The second-order valence-corrected chi connectivity index (χ2v) is 6.00. The van der Waals surface area contributed by atoms with Crippen LogP contribution in [0.3, 0.4) is 0 Å². The number of hydroxylamine groups is 2. The monoisotopic (exact) mass is 319 g/mol. The SMILES string of the molecule is CON(C)C(=O)C(CC1CCCCC1)NC(=O)c1ccccn1. The van der Waals surface area contributed by atoms with E-state index in [2.05, 4.69) is 10.3 Å². The van der Waals surface area contributed by atoms with E-state index in [9.17, 15) is 9.59 Å². The Bertz CT molecular complexity index is 515. The zero-order chi connectivity index (χ0) is 16.7. The molecule has 0 aromatic carbocycles. The van der Waals surface area contributed by atoms with Gasteiger partial charge in [-0.15, -0.1) is 0 Å². The largest absolute Gasteiger partial charge is 0.339 e. The first-order chi connectivity index (χ1) is 11.1. The summed E-state index contributed by atoms with van der Waals surface area (Å²) in [4.78, 5) is 33.8. The molecule has 0 bridgehead atoms. The second kappa shape index (κ2) is 8.62. The number of carbonyl (C=O) groups excluding carboxylic acids is 2. The number of nitrogens with zero attached hydrogens (tertiary/aromatic N) is 2. The summed E-state index contributed by atoms with van der Waals surface area (Å²) in [5.41, 5.74) is 0.314. The van der Waals surface area contributed by atoms with Gasteiger partial charge in [0.2, 0.25) is 0 Å². The van der Waals surface area contributed by atoms with E-state index in [0.29, 0.717) is 18.0 Å². The van der Waals surface area contributed by atoms with E-state index in [1.165, 1.54) is 31.4 Å². The summed E-state index contributed by atoms with van der Waals surface area (Å²) < 4.78 is 0. The first kappa shape index (κ1) is 17.4. The zero-order valence-corrected chi connectivity index (χ0v) is 13.8. The number of carbonyl (C=O) groups is 2. The molecule has 6 nitrogen and oxygen atoms in total. The van der Waals surface area contributed by atoms with Crippen LogP contribution in [0, 0.1) is 5.92 Å². The van der Waals surface area contributed by atoms with Crippen molar-refractivity contribution >= 4 is 11.8 Å². The predicted octanol–water partition coefficient (Wildman–Crippen LogP) is 2.17. The fourth-order valence-corrected chi connectivity index (χ4v) is 3.02. The van der Waals surface area contributed by atoms with Crippen LogP contribution in [-0.2, 0) is 9.63 Å². The molecule has 1 atom stereocenters. The van der Waals surface area contributed by atoms with Gasteiger partial charge in [0.05, 0.1) is 7.11 Å². The molecule has 0 spiro atoms. The minimum Gasteiger partial charge on any atom is -0.339 e. The Morgan fingerprint density at radius 1 is 1.35 bits per heavy atom. The summed E-state index contributed by atoms with van der Waals surface area (Å²) >= 11 is 0. The highest BCUT2D eigenvalue weighted by molar-refractivity contribution is 5.95. The highest BCUT2D eigenvalue weighted by Crippen LogP contribution is 2.27. The van der Waals surface area contributed by atoms with Crippen molar-refractivity contribution in [1.82, 2.24) is 15.4 Å². The number of pyridine rings is 1. The lowest BCUT2D eigenvalue weighted by Gasteiger charge is -2.28. The summed E-state index contributed by atoms with van der Waals surface area (Å²) in [5, 5.41) is 4.00. The van der Waals surface area contributed by atoms with Gasteiger partial charge in [0.1, 0.15) is 11.7 Å². The van der Waals surface area contributed by atoms with Gasteiger partial charge in [0, 0.05) is 13.2 Å². The van der Waals surface area contributed by atoms with Crippen LogP contribution < -0.4 is 5.32 Å². The number of aromatic nitrogens is 1. The van der Waals surface area contributed by atoms with Gasteiger partial charge in [-0.1, -0.05) is 38.2 Å². The molecule has 2 amide bonds. The second-order valence-electron chi connectivity index (χ2n) is 6.00. The van der Waals surface area contributed by atoms with Gasteiger partial charge < -0.3 is 5.32 Å². The summed E-state index contributed by atoms with van der Waals surface area (Å²) in [5.74, 6) is -0.0985. The maximum absolute atomic E-state index is 12.5. The molecule has 1 heterocycles. The van der Waals surface area contributed by atoms with Gasteiger partial charge in [-0.25, -0.2) is 5.06 Å². The lowest BCUT2D eigenvalue weighted by Crippen LogP contribution is -2.48. The lowest BCUT2D eigenvalue weighted by molar-refractivity contribution is -0.171. The van der Waals surface area contributed by atoms with Gasteiger partial charge in [0.25, 0.3) is 11.8 Å². The molecule has 1 unspecified atom stereocenters. The van der Waals surface area contributed by atoms with Gasteiger partial charge >= 0.3 is 0 Å². The maximum Gasteiger partial charge on any atom is 0.270 e. The Labute approximate surface area is 137 Å². The Morgan fingerprint density at radius 2 is 2.09 bits per heavy atom. The Balaban J connectivity index is 2.05. The van der Waals surface area contributed by atoms with Crippen molar-refractivity contribution < 1.29 is 14.4 Å². The molecule has 0 radical (unpaired) electrons. The third kappa shape index (κ3) is 5.03. The number of rotatable bonds is 6. The molecule has 0 saturated heterocycles. The fourth-order valence-electron chi connectivity index (χ4n) is 3.02. The molecular weight excluding hydrogens is 294 g/mol. The molecule has 6 heteroatoms. The van der Waals surface area contributed by atoms with Crippen molar-refractivity contribution in [1.29, 1.82) is 0 Å². The van der Waals surface area contributed by atoms with Crippen molar-refractivity contribution in [2.24, 2.45) is 5.92 Å². The van der Waals surface area contributed by atoms with E-state index in [1.54, 1.807) is 31.4 Å². The van der Waals surface area contributed by atoms with E-state index in [0.717, 1.165) is 12.8 Å². The average Bonchev–Trinajstić information content (AvgIpc) is 2.61. The average molecular weight is 319 g/mol. The van der Waals surface area contributed by atoms with E-state index >= 15 is 0 Å². The summed E-state index contributed by atoms with van der Waals surface area (Å²) in [6, 6.07) is 4.55. The highest BCUT2D eigenvalue weighted by atomic mass is 16.7. The molecule has 1 aliphatic carbocycles. The fraction of sp³-hybridized carbons (Fsp3) is 0.588. The van der Waals surface area contributed by atoms with Gasteiger partial charge in [-0.3, -0.25) is 19.4 Å². The summed E-state index contributed by atoms with van der Waals surface area (Å²) in [7, 11) is 3.00. The number of hydrogen-bond donors (Lipinski definition) is 1. The number of hydrogen-bond acceptors (Lipinski definition) is 4. The van der Waals surface area contributed by atoms with Crippen LogP contribution in [0.2, 0.25) is 0 Å². The Hall–Kier alpha value is -1.95. The lowest BCUT2D eigenvalue weighted by atomic mass is 9.84. The number of amides is 2. The van der Waals surface area contributed by atoms with Crippen LogP contribution in [0.4, 0.5) is 0 Å². The molecule has 2 rings (SSSR count). The summed E-state index contributed by atoms with van der Waals surface area (Å²) in [6.45, 7) is 0. The molecule has 1 aromatic rings. The molecular formula is C17H25N3O3. The standard InChI is InChI=1S/C17H25N3O3/c1-20(23-2)17(22)15(12-13-8-4-3-5-9-13)19-16(21)14-10-6-7-11-18-14/h6-7,10-11,13,15H,3-5,8-9,12H2,1-2H3,(H,19,21). The van der Waals surface area contributed by atoms with Crippen molar-refractivity contribution in [3.63, 3.8) is 0 Å². The van der Waals surface area contributed by atoms with E-state index in [4.69, 9.17) is 4.84 Å². The van der Waals surface area contributed by atoms with E-state index in [1.807, 2.05) is 0 Å². The molecule has 1 N–H and O–H groups in total. The number of nitrogens with one attached hydrogen (secondary N) is 1. The first-order valence-electron chi connectivity index (χ1n) is 8.15. The van der Waals surface area contributed by atoms with Crippen LogP contribution in [-0.4, -0.2) is 42.1 Å². The third-order valence-electron chi connectivity index (χ3n) is 4.38. The molecule has 0 aliphatic heterocycles. The third-order valence-corrected chi connectivity index (χ3v) is 4.38. The van der Waals surface area contributed by atoms with Crippen molar-refractivity contribution in [3.05, 3.63) is 30.1 Å². The minimum absolute atomic E-state index is 0.234. The molecule has 23 heavy (non-hydrogen) atoms. The zero-order valence-electron chi connectivity index (χ0n) is 13.8. The van der Waals surface area contributed by atoms with Gasteiger partial charge in [0.15, 0.2) is 0 Å². The molecule has 126 valence electrons. The smallest absolute Gasteiger partial charge is 0.270 e. The normalized spacial score (nSPS) is 16.6. The number of likely N-dealkylation sites (N-methyl/N-ethyl adjacent to an activating group) is 1. The molecule has 1 aliphatic rings. The van der Waals surface area contributed by atoms with Crippen LogP contribution in [0.15, 0.2) is 24.4 Å². The molecule has 1 saturated carbocycles. The Kier molecular flexibility index (Phi) is 6.52. The summed E-state index contributed by atoms with van der Waals surface area (Å²) in [6.07, 6.45) is 8.08. The predicted molar refractivity (Wildman–Crippen MR) is 86.5 cm³/mol. The van der Waals surface area contributed by atoms with Crippen LogP contribution >= 0.6 is 0 Å². The minimum atomic E-state index is -0.586. The van der Waals surface area contributed by atoms with Crippen molar-refractivity contribution in [3.8, 4) is 0 Å². The van der Waals surface area contributed by atoms with E-state index < -0.39 is 6.04 Å². The quantitative estimate of drug-likeness (QED) is 0.816. The van der Waals surface area contributed by atoms with Gasteiger partial charge in [-0.05, 0) is 24.5 Å². The van der Waals surface area contributed by atoms with Crippen LogP contribution in [0.25, 0.3) is 0 Å². The van der Waals surface area contributed by atoms with Crippen molar-refractivity contribution in [2.75, 3.05) is 14.2 Å². The maximum atomic E-state index is 12.5. The van der Waals surface area contributed by atoms with Crippen LogP contribution in [0.1, 0.15) is 49.0 Å². The van der Waals surface area contributed by atoms with Crippen molar-refractivity contribution in [2.45, 2.75) is 44.6 Å². The Morgan fingerprint density at radius 3 is 2.70 bits per heavy atom. The molecule has 1 fully saturated rings. The molecule has 1 aromatic heterocycles. The topological polar surface area (TPSA) is 71.5 Å². The first-order valence-corrected chi connectivity index (χ1v) is 8.15.